The molecule has 62 heavy (non-hydrogen) atoms. The van der Waals surface area contributed by atoms with Gasteiger partial charge in [-0.25, -0.2) is 4.98 Å². The first-order valence-electron chi connectivity index (χ1n) is 20.8. The number of benzene rings is 9. The van der Waals surface area contributed by atoms with Crippen LogP contribution in [0.5, 0.6) is 0 Å². The standard InChI is InChI=1S/C42H27N3O.C7H8N2.C7H8/c43-24-25-19-28(21-29(20-25)35-23-27-9-1-2-10-30(27)31-11-3-4-12-32(31)35)26-17-18-39-36(22-26)40-33-13-5-6-14-34(33)41-44-37-15-7-8-16-38(37)45(41)42(40)46-39;8-7(9)6-4-2-1-3-5-6;1-7-5-3-2-4-6-7/h1-23H,24,43H2;1-5H,(H3,8,9);2-6H,1H3. The molecule has 0 unspecified atom stereocenters. The topological polar surface area (TPSA) is 106 Å². The highest BCUT2D eigenvalue weighted by atomic mass is 16.3. The third-order valence-corrected chi connectivity index (χ3v) is 11.5. The maximum atomic E-state index is 7.01. The van der Waals surface area contributed by atoms with E-state index in [2.05, 4.69) is 157 Å². The molecule has 0 aliphatic carbocycles. The van der Waals surface area contributed by atoms with Crippen molar-refractivity contribution in [3.05, 3.63) is 217 Å². The van der Waals surface area contributed by atoms with Gasteiger partial charge in [0.15, 0.2) is 0 Å². The largest absolute Gasteiger partial charge is 0.439 e. The average Bonchev–Trinajstić information content (AvgIpc) is 3.91. The lowest BCUT2D eigenvalue weighted by molar-refractivity contribution is 0.650. The molecular formula is C56H43N5O. The van der Waals surface area contributed by atoms with E-state index in [1.807, 2.05) is 54.6 Å². The molecular weight excluding hydrogens is 759 g/mol. The van der Waals surface area contributed by atoms with Gasteiger partial charge < -0.3 is 15.9 Å². The van der Waals surface area contributed by atoms with Crippen molar-refractivity contribution in [1.82, 2.24) is 9.38 Å². The summed E-state index contributed by atoms with van der Waals surface area (Å²) in [6.45, 7) is 2.54. The van der Waals surface area contributed by atoms with Gasteiger partial charge in [-0.05, 0) is 110 Å². The number of hydrogen-bond donors (Lipinski definition) is 3. The molecule has 0 saturated carbocycles. The number of nitrogens with one attached hydrogen (secondary N) is 1. The highest BCUT2D eigenvalue weighted by Crippen LogP contribution is 2.41. The zero-order valence-electron chi connectivity index (χ0n) is 34.2. The lowest BCUT2D eigenvalue weighted by atomic mass is 9.90. The van der Waals surface area contributed by atoms with Gasteiger partial charge in [-0.15, -0.1) is 0 Å². The lowest BCUT2D eigenvalue weighted by Crippen LogP contribution is -2.10. The molecule has 6 nitrogen and oxygen atoms in total. The molecule has 3 aromatic heterocycles. The van der Waals surface area contributed by atoms with Crippen LogP contribution in [0.15, 0.2) is 205 Å². The van der Waals surface area contributed by atoms with Crippen molar-refractivity contribution in [3.63, 3.8) is 0 Å². The summed E-state index contributed by atoms with van der Waals surface area (Å²) in [5, 5.41) is 16.4. The first-order valence-corrected chi connectivity index (χ1v) is 20.8. The van der Waals surface area contributed by atoms with Crippen LogP contribution in [0.1, 0.15) is 16.7 Å². The molecule has 0 amide bonds. The second-order valence-electron chi connectivity index (χ2n) is 15.5. The number of imidazole rings is 1. The van der Waals surface area contributed by atoms with E-state index in [1.165, 1.54) is 32.7 Å². The number of fused-ring (bicyclic) bond motifs is 13. The van der Waals surface area contributed by atoms with Gasteiger partial charge in [-0.2, -0.15) is 0 Å². The second kappa shape index (κ2) is 16.2. The minimum atomic E-state index is 0.121. The quantitative estimate of drug-likeness (QED) is 0.0936. The highest BCUT2D eigenvalue weighted by molar-refractivity contribution is 6.22. The van der Waals surface area contributed by atoms with Crippen LogP contribution < -0.4 is 11.5 Å². The number of rotatable bonds is 4. The average molecular weight is 802 g/mol. The van der Waals surface area contributed by atoms with Crippen molar-refractivity contribution in [2.75, 3.05) is 0 Å². The number of aromatic nitrogens is 2. The molecule has 0 fully saturated rings. The van der Waals surface area contributed by atoms with E-state index in [-0.39, 0.29) is 5.84 Å². The van der Waals surface area contributed by atoms with Gasteiger partial charge in [-0.1, -0.05) is 157 Å². The van der Waals surface area contributed by atoms with E-state index < -0.39 is 0 Å². The number of nitrogens with two attached hydrogens (primary N) is 2. The Morgan fingerprint density at radius 2 is 1.19 bits per heavy atom. The predicted octanol–water partition coefficient (Wildman–Crippen LogP) is 13.6. The van der Waals surface area contributed by atoms with Gasteiger partial charge in [0.2, 0.25) is 5.71 Å². The van der Waals surface area contributed by atoms with Gasteiger partial charge in [0.05, 0.1) is 16.4 Å². The molecule has 0 bridgehead atoms. The van der Waals surface area contributed by atoms with E-state index in [0.29, 0.717) is 6.54 Å². The van der Waals surface area contributed by atoms with Crippen LogP contribution in [-0.4, -0.2) is 15.2 Å². The summed E-state index contributed by atoms with van der Waals surface area (Å²) in [5.41, 5.74) is 23.9. The number of pyridine rings is 1. The zero-order chi connectivity index (χ0) is 42.2. The van der Waals surface area contributed by atoms with Crippen LogP contribution in [0.3, 0.4) is 0 Å². The first kappa shape index (κ1) is 38.2. The lowest BCUT2D eigenvalue weighted by Gasteiger charge is -2.14. The van der Waals surface area contributed by atoms with Gasteiger partial charge in [0.1, 0.15) is 17.1 Å². The van der Waals surface area contributed by atoms with Crippen LogP contribution in [0.25, 0.3) is 93.3 Å². The minimum absolute atomic E-state index is 0.121. The Morgan fingerprint density at radius 1 is 0.565 bits per heavy atom. The molecule has 0 aliphatic heterocycles. The number of aryl methyl sites for hydroxylation is 1. The summed E-state index contributed by atoms with van der Waals surface area (Å²) < 4.78 is 8.83. The van der Waals surface area contributed by atoms with Gasteiger partial charge >= 0.3 is 0 Å². The third kappa shape index (κ3) is 6.98. The van der Waals surface area contributed by atoms with Crippen LogP contribution in [0.2, 0.25) is 0 Å². The molecule has 9 aromatic carbocycles. The molecule has 0 atom stereocenters. The van der Waals surface area contributed by atoms with Gasteiger partial charge in [-0.3, -0.25) is 9.81 Å². The predicted molar refractivity (Wildman–Crippen MR) is 260 cm³/mol. The molecule has 12 rings (SSSR count). The number of hydrogen-bond acceptors (Lipinski definition) is 4. The van der Waals surface area contributed by atoms with Gasteiger partial charge in [0.25, 0.3) is 0 Å². The minimum Gasteiger partial charge on any atom is -0.439 e. The fourth-order valence-corrected chi connectivity index (χ4v) is 8.57. The van der Waals surface area contributed by atoms with Crippen LogP contribution in [0, 0.1) is 12.3 Å². The van der Waals surface area contributed by atoms with Crippen molar-refractivity contribution in [2.45, 2.75) is 13.5 Å². The number of amidine groups is 1. The molecule has 298 valence electrons. The number of para-hydroxylation sites is 2. The zero-order valence-corrected chi connectivity index (χ0v) is 34.2. The summed E-state index contributed by atoms with van der Waals surface area (Å²) in [6.07, 6.45) is 0. The van der Waals surface area contributed by atoms with E-state index in [9.17, 15) is 0 Å². The SMILES string of the molecule is Cc1ccccc1.N=C(N)c1ccccc1.NCc1cc(-c2ccc3oc4c(c3c2)c2ccccc2c2nc3ccccc3n24)cc(-c2cc3ccccc3c3ccccc23)c1. The van der Waals surface area contributed by atoms with Crippen LogP contribution >= 0.6 is 0 Å². The van der Waals surface area contributed by atoms with Gasteiger partial charge in [0, 0.05) is 22.9 Å². The number of nitrogen functional groups attached to an aromatic ring is 1. The fourth-order valence-electron chi connectivity index (χ4n) is 8.57. The Bertz CT molecular complexity index is 3610. The van der Waals surface area contributed by atoms with Crippen molar-refractivity contribution >= 4 is 76.9 Å². The Labute approximate surface area is 358 Å². The third-order valence-electron chi connectivity index (χ3n) is 11.5. The monoisotopic (exact) mass is 801 g/mol. The molecule has 6 heteroatoms. The second-order valence-corrected chi connectivity index (χ2v) is 15.5. The molecule has 0 aliphatic rings. The summed E-state index contributed by atoms with van der Waals surface area (Å²) in [5.74, 6) is 0.121. The van der Waals surface area contributed by atoms with Crippen molar-refractivity contribution in [3.8, 4) is 22.3 Å². The summed E-state index contributed by atoms with van der Waals surface area (Å²) in [4.78, 5) is 5.02. The maximum Gasteiger partial charge on any atom is 0.215 e. The Morgan fingerprint density at radius 3 is 1.90 bits per heavy atom. The van der Waals surface area contributed by atoms with E-state index in [0.717, 1.165) is 77.3 Å². The van der Waals surface area contributed by atoms with E-state index in [1.54, 1.807) is 0 Å². The van der Waals surface area contributed by atoms with Crippen LogP contribution in [0.4, 0.5) is 0 Å². The van der Waals surface area contributed by atoms with Crippen molar-refractivity contribution in [2.24, 2.45) is 11.5 Å². The van der Waals surface area contributed by atoms with Crippen molar-refractivity contribution in [1.29, 1.82) is 5.41 Å². The van der Waals surface area contributed by atoms with Crippen LogP contribution in [-0.2, 0) is 6.54 Å². The summed E-state index contributed by atoms with van der Waals surface area (Å²) >= 11 is 0. The molecule has 3 heterocycles. The Hall–Kier alpha value is -8.06. The van der Waals surface area contributed by atoms with E-state index >= 15 is 0 Å². The molecule has 0 saturated heterocycles. The highest BCUT2D eigenvalue weighted by Gasteiger charge is 2.20. The molecule has 5 N–H and O–H groups in total. The maximum absolute atomic E-state index is 7.01. The molecule has 0 radical (unpaired) electrons. The Kier molecular flexibility index (Phi) is 9.96. The first-order chi connectivity index (χ1) is 30.4. The normalized spacial score (nSPS) is 11.3. The fraction of sp³-hybridized carbons (Fsp3) is 0.0357. The number of furan rings is 1. The molecule has 0 spiro atoms. The number of nitrogens with zero attached hydrogens (tertiary/aromatic N) is 2. The van der Waals surface area contributed by atoms with E-state index in [4.69, 9.17) is 26.3 Å². The molecule has 12 aromatic rings. The Balaban J connectivity index is 0.000000241. The van der Waals surface area contributed by atoms with Crippen molar-refractivity contribution < 1.29 is 4.42 Å². The smallest absolute Gasteiger partial charge is 0.215 e. The summed E-state index contributed by atoms with van der Waals surface area (Å²) in [6, 6.07) is 69.2. The summed E-state index contributed by atoms with van der Waals surface area (Å²) in [7, 11) is 0.